The number of carbonyl (C=O) groups excluding carboxylic acids is 4. The molecule has 0 radical (unpaired) electrons. The lowest BCUT2D eigenvalue weighted by Gasteiger charge is -2.44. The average molecular weight is 908 g/mol. The molecule has 1 aromatic heterocycles. The second kappa shape index (κ2) is 22.0. The third kappa shape index (κ3) is 12.6. The lowest BCUT2D eigenvalue weighted by Crippen LogP contribution is -2.62. The summed E-state index contributed by atoms with van der Waals surface area (Å²) in [7, 11) is 0. The van der Waals surface area contributed by atoms with Gasteiger partial charge in [-0.05, 0) is 29.2 Å². The molecule has 6 rings (SSSR count). The van der Waals surface area contributed by atoms with Crippen molar-refractivity contribution in [1.29, 1.82) is 0 Å². The Labute approximate surface area is 373 Å². The van der Waals surface area contributed by atoms with Crippen molar-refractivity contribution in [3.05, 3.63) is 112 Å². The Morgan fingerprint density at radius 2 is 1.34 bits per heavy atom. The molecule has 62 heavy (non-hydrogen) atoms. The number of aliphatic hydroxyl groups excluding tert-OH is 1. The van der Waals surface area contributed by atoms with Gasteiger partial charge in [-0.3, -0.25) is 19.2 Å². The van der Waals surface area contributed by atoms with Gasteiger partial charge in [-0.1, -0.05) is 114 Å². The molecule has 0 saturated carbocycles. The van der Waals surface area contributed by atoms with E-state index in [4.69, 9.17) is 45.4 Å². The van der Waals surface area contributed by atoms with Crippen molar-refractivity contribution >= 4 is 64.2 Å². The van der Waals surface area contributed by atoms with Crippen molar-refractivity contribution in [2.45, 2.75) is 113 Å². The van der Waals surface area contributed by atoms with Crippen molar-refractivity contribution in [2.24, 2.45) is 0 Å². The molecule has 330 valence electrons. The van der Waals surface area contributed by atoms with Crippen LogP contribution in [-0.4, -0.2) is 93.2 Å². The summed E-state index contributed by atoms with van der Waals surface area (Å²) in [4.78, 5) is 48.7. The topological polar surface area (TPSA) is 191 Å². The average Bonchev–Trinajstić information content (AvgIpc) is 3.67. The van der Waals surface area contributed by atoms with Gasteiger partial charge in [0.15, 0.2) is 28.9 Å². The van der Waals surface area contributed by atoms with Crippen LogP contribution in [0.25, 0.3) is 0 Å². The maximum Gasteiger partial charge on any atom is 0.303 e. The highest BCUT2D eigenvalue weighted by atomic mass is 32.2. The van der Waals surface area contributed by atoms with E-state index in [0.29, 0.717) is 17.3 Å². The molecule has 2 N–H and O–H groups in total. The Hall–Kier alpha value is -4.82. The van der Waals surface area contributed by atoms with Crippen LogP contribution in [0.4, 0.5) is 0 Å². The summed E-state index contributed by atoms with van der Waals surface area (Å²) in [6, 6.07) is 25.7. The first-order valence-electron chi connectivity index (χ1n) is 19.9. The van der Waals surface area contributed by atoms with Gasteiger partial charge in [0.05, 0.1) is 23.8 Å². The first-order chi connectivity index (χ1) is 29.8. The zero-order valence-electron chi connectivity index (χ0n) is 34.8. The number of hydrogen-bond acceptors (Lipinski definition) is 17. The number of nitrogens with one attached hydrogen (secondary N) is 1. The van der Waals surface area contributed by atoms with Gasteiger partial charge in [0, 0.05) is 57.9 Å². The summed E-state index contributed by atoms with van der Waals surface area (Å²) in [5, 5.41) is 22.4. The van der Waals surface area contributed by atoms with Gasteiger partial charge < -0.3 is 43.6 Å². The highest BCUT2D eigenvalue weighted by Gasteiger charge is 2.52. The van der Waals surface area contributed by atoms with Crippen LogP contribution in [0.1, 0.15) is 85.3 Å². The number of carbonyl (C=O) groups is 4. The van der Waals surface area contributed by atoms with E-state index in [1.807, 2.05) is 73.7 Å². The molecule has 0 spiro atoms. The normalized spacial score (nSPS) is 24.6. The maximum absolute atomic E-state index is 12.3. The minimum atomic E-state index is -1.28. The van der Waals surface area contributed by atoms with Gasteiger partial charge in [0.25, 0.3) is 0 Å². The van der Waals surface area contributed by atoms with E-state index in [9.17, 15) is 24.3 Å². The molecule has 0 amide bonds. The maximum atomic E-state index is 12.3. The van der Waals surface area contributed by atoms with Gasteiger partial charge in [-0.2, -0.15) is 0 Å². The van der Waals surface area contributed by atoms with Crippen molar-refractivity contribution in [1.82, 2.24) is 15.5 Å². The molecule has 0 aliphatic carbocycles. The lowest BCUT2D eigenvalue weighted by molar-refractivity contribution is -0.255. The van der Waals surface area contributed by atoms with Gasteiger partial charge in [0.1, 0.15) is 23.8 Å². The second-order valence-corrected chi connectivity index (χ2v) is 17.7. The summed E-state index contributed by atoms with van der Waals surface area (Å²) in [5.41, 5.74) is 4.51. The van der Waals surface area contributed by atoms with E-state index in [2.05, 4.69) is 27.6 Å². The van der Waals surface area contributed by atoms with Crippen LogP contribution in [0.5, 0.6) is 0 Å². The van der Waals surface area contributed by atoms with Crippen molar-refractivity contribution < 1.29 is 57.4 Å². The lowest BCUT2D eigenvalue weighted by atomic mass is 9.84. The van der Waals surface area contributed by atoms with E-state index < -0.39 is 60.7 Å². The molecule has 15 nitrogen and oxygen atoms in total. The van der Waals surface area contributed by atoms with Gasteiger partial charge in [0.2, 0.25) is 0 Å². The van der Waals surface area contributed by atoms with Crippen molar-refractivity contribution in [2.75, 3.05) is 12.4 Å². The molecular formula is C44H49N3O12S3. The number of benzene rings is 3. The number of thioether (sulfide) groups is 1. The van der Waals surface area contributed by atoms with Gasteiger partial charge >= 0.3 is 23.9 Å². The summed E-state index contributed by atoms with van der Waals surface area (Å²) >= 11 is 8.86. The predicted octanol–water partition coefficient (Wildman–Crippen LogP) is 6.00. The third-order valence-electron chi connectivity index (χ3n) is 10.1. The Morgan fingerprint density at radius 1 is 0.726 bits per heavy atom. The smallest absolute Gasteiger partial charge is 0.303 e. The van der Waals surface area contributed by atoms with Crippen LogP contribution in [0.2, 0.25) is 0 Å². The Kier molecular flexibility index (Phi) is 16.6. The van der Waals surface area contributed by atoms with Crippen molar-refractivity contribution in [3.8, 4) is 0 Å². The number of nitrogens with zero attached hydrogens (tertiary/aromatic N) is 2. The largest absolute Gasteiger partial charge is 0.463 e. The zero-order valence-corrected chi connectivity index (χ0v) is 37.2. The molecule has 18 heteroatoms. The van der Waals surface area contributed by atoms with Crippen LogP contribution in [0.3, 0.4) is 0 Å². The van der Waals surface area contributed by atoms with E-state index in [1.54, 1.807) is 11.8 Å². The molecule has 2 aliphatic rings. The number of hydrogen-bond donors (Lipinski definition) is 2. The monoisotopic (exact) mass is 907 g/mol. The minimum absolute atomic E-state index is 0.00945. The van der Waals surface area contributed by atoms with Gasteiger partial charge in [-0.25, -0.2) is 0 Å². The number of aromatic nitrogens is 2. The second-order valence-electron chi connectivity index (χ2n) is 14.8. The molecule has 0 bridgehead atoms. The summed E-state index contributed by atoms with van der Waals surface area (Å²) in [5.74, 6) is -2.30. The first-order valence-corrected chi connectivity index (χ1v) is 22.1. The molecular weight excluding hydrogens is 859 g/mol. The Balaban J connectivity index is 1.19. The van der Waals surface area contributed by atoms with E-state index in [-0.39, 0.29) is 37.8 Å². The summed E-state index contributed by atoms with van der Waals surface area (Å²) < 4.78 is 42.6. The number of esters is 4. The fourth-order valence-corrected chi connectivity index (χ4v) is 9.52. The van der Waals surface area contributed by atoms with E-state index >= 15 is 0 Å². The molecule has 4 aromatic rings. The van der Waals surface area contributed by atoms with E-state index in [0.717, 1.165) is 37.2 Å². The number of rotatable bonds is 16. The minimum Gasteiger partial charge on any atom is -0.463 e. The fourth-order valence-electron chi connectivity index (χ4n) is 7.37. The summed E-state index contributed by atoms with van der Waals surface area (Å²) in [6.07, 6.45) is -7.19. The Morgan fingerprint density at radius 3 is 1.94 bits per heavy atom. The fraction of sp³-hybridized carbons (Fsp3) is 0.432. The number of ether oxygens (including phenoxy) is 7. The molecule has 3 heterocycles. The number of aliphatic hydroxyl groups is 1. The van der Waals surface area contributed by atoms with Crippen LogP contribution in [-0.2, 0) is 65.5 Å². The van der Waals surface area contributed by atoms with Crippen LogP contribution < -0.4 is 5.32 Å². The highest BCUT2D eigenvalue weighted by Crippen LogP contribution is 2.48. The quantitative estimate of drug-likeness (QED) is 0.0575. The molecule has 9 unspecified atom stereocenters. The van der Waals surface area contributed by atoms with Crippen LogP contribution in [0.15, 0.2) is 83.2 Å². The molecule has 2 saturated heterocycles. The van der Waals surface area contributed by atoms with Crippen molar-refractivity contribution in [3.63, 3.8) is 0 Å². The Bertz CT molecular complexity index is 2160. The van der Waals surface area contributed by atoms with E-state index in [1.165, 1.54) is 39.0 Å². The predicted molar refractivity (Wildman–Crippen MR) is 231 cm³/mol. The number of aryl methyl sites for hydroxylation is 1. The number of thiocarbonyl (C=S) groups is 1. The van der Waals surface area contributed by atoms with Crippen LogP contribution >= 0.6 is 35.3 Å². The van der Waals surface area contributed by atoms with Crippen LogP contribution in [0, 0.1) is 6.92 Å². The summed E-state index contributed by atoms with van der Waals surface area (Å²) in [6.45, 7) is 6.58. The first kappa shape index (κ1) is 46.7. The van der Waals surface area contributed by atoms with Gasteiger partial charge in [-0.15, -0.1) is 10.2 Å². The SMILES string of the molecule is CC(=O)OCC1OC(CC(=S)NCc2ccc(C3OC(CSc4nnc(C)s4)C(c4ccccc4)C(c4ccc(CO)cc4)O3)cc2)C(OC(C)=O)C(OC(C)=O)C1OC(C)=O. The highest BCUT2D eigenvalue weighted by molar-refractivity contribution is 8.01. The molecule has 9 atom stereocenters. The standard InChI is InChI=1S/C44H49N3O12S3/c1-24-46-47-44(62-24)61-23-36-38(31-9-7-6-8-10-31)39(32-15-13-30(21-48)14-16-32)59-43(58-36)33-17-11-29(12-18-33)20-45-37(60)19-34-40(54-26(3)50)42(56-28(5)52)41(55-27(4)51)35(57-34)22-53-25(2)49/h6-18,34-36,38-43,48H,19-23H2,1-5H3,(H,45,60). The molecule has 2 fully saturated rings. The zero-order chi connectivity index (χ0) is 44.3. The molecule has 3 aromatic carbocycles. The third-order valence-corrected chi connectivity index (χ3v) is 12.4. The molecule has 2 aliphatic heterocycles.